The van der Waals surface area contributed by atoms with Crippen LogP contribution in [-0.2, 0) is 6.54 Å². The molecule has 1 fully saturated rings. The average Bonchev–Trinajstić information content (AvgIpc) is 3.07. The van der Waals surface area contributed by atoms with Crippen LogP contribution in [0.4, 0.5) is 11.8 Å². The van der Waals surface area contributed by atoms with Crippen molar-refractivity contribution in [2.45, 2.75) is 52.6 Å². The number of unbranched alkanes of at least 4 members (excludes halogenated alkanes) is 1. The first kappa shape index (κ1) is 21.6. The van der Waals surface area contributed by atoms with E-state index in [-0.39, 0.29) is 0 Å². The van der Waals surface area contributed by atoms with Crippen molar-refractivity contribution in [1.29, 1.82) is 0 Å². The van der Waals surface area contributed by atoms with Gasteiger partial charge in [0.2, 0.25) is 5.95 Å². The number of imidazole rings is 1. The van der Waals surface area contributed by atoms with E-state index in [1.54, 1.807) is 7.11 Å². The maximum absolute atomic E-state index is 6.15. The van der Waals surface area contributed by atoms with Gasteiger partial charge in [-0.25, -0.2) is 0 Å². The zero-order valence-electron chi connectivity index (χ0n) is 18.3. The number of fused-ring (bicyclic) bond motifs is 1. The summed E-state index contributed by atoms with van der Waals surface area (Å²) in [4.78, 5) is 18.6. The number of methoxy groups -OCH3 is 1. The first-order valence-electron chi connectivity index (χ1n) is 10.8. The predicted molar refractivity (Wildman–Crippen MR) is 117 cm³/mol. The molecule has 1 aliphatic heterocycles. The highest BCUT2D eigenvalue weighted by molar-refractivity contribution is 5.84. The molecule has 3 heterocycles. The Hall–Kier alpha value is -2.13. The van der Waals surface area contributed by atoms with Crippen LogP contribution in [-0.4, -0.2) is 81.7 Å². The Kier molecular flexibility index (Phi) is 7.49. The van der Waals surface area contributed by atoms with E-state index in [9.17, 15) is 0 Å². The lowest BCUT2D eigenvalue weighted by Crippen LogP contribution is -2.49. The summed E-state index contributed by atoms with van der Waals surface area (Å²) in [6, 6.07) is 1.17. The Morgan fingerprint density at radius 1 is 1.07 bits per heavy atom. The second kappa shape index (κ2) is 10.1. The molecule has 2 aromatic heterocycles. The fourth-order valence-corrected chi connectivity index (χ4v) is 3.77. The Morgan fingerprint density at radius 2 is 1.83 bits per heavy atom. The Labute approximate surface area is 173 Å². The smallest absolute Gasteiger partial charge is 0.298 e. The van der Waals surface area contributed by atoms with Gasteiger partial charge in [-0.2, -0.15) is 15.0 Å². The van der Waals surface area contributed by atoms with Crippen LogP contribution < -0.4 is 15.8 Å². The number of hydrogen-bond donors (Lipinski definition) is 2. The van der Waals surface area contributed by atoms with Crippen LogP contribution in [0.2, 0.25) is 0 Å². The Morgan fingerprint density at radius 3 is 2.48 bits per heavy atom. The van der Waals surface area contributed by atoms with Crippen LogP contribution in [0.5, 0.6) is 6.01 Å². The number of aromatic nitrogens is 4. The van der Waals surface area contributed by atoms with Crippen molar-refractivity contribution in [1.82, 2.24) is 29.3 Å². The van der Waals surface area contributed by atoms with Gasteiger partial charge in [-0.1, -0.05) is 13.3 Å². The van der Waals surface area contributed by atoms with E-state index in [0.29, 0.717) is 29.3 Å². The highest BCUT2D eigenvalue weighted by Crippen LogP contribution is 2.25. The fourth-order valence-electron chi connectivity index (χ4n) is 3.77. The standard InChI is InChI=1S/C20H36N8O/c1-5-6-8-22-19-24-17(21)16-18(25-19)28(20(23-16)29-4)10-7-9-26-11-13-27(14-12-26)15(2)3/h15H,5-14H2,1-4H3,(H3,21,22,24,25). The lowest BCUT2D eigenvalue weighted by atomic mass is 10.2. The van der Waals surface area contributed by atoms with Crippen LogP contribution in [0.1, 0.15) is 40.0 Å². The quantitative estimate of drug-likeness (QED) is 0.581. The van der Waals surface area contributed by atoms with Crippen LogP contribution in [0, 0.1) is 0 Å². The highest BCUT2D eigenvalue weighted by Gasteiger charge is 2.20. The number of nitrogens with one attached hydrogen (secondary N) is 1. The van der Waals surface area contributed by atoms with E-state index in [4.69, 9.17) is 10.5 Å². The van der Waals surface area contributed by atoms with Gasteiger partial charge in [-0.05, 0) is 33.2 Å². The lowest BCUT2D eigenvalue weighted by Gasteiger charge is -2.36. The molecule has 0 spiro atoms. The van der Waals surface area contributed by atoms with Gasteiger partial charge in [-0.3, -0.25) is 9.47 Å². The first-order chi connectivity index (χ1) is 14.0. The minimum atomic E-state index is 0.385. The number of rotatable bonds is 10. The van der Waals surface area contributed by atoms with Gasteiger partial charge in [0.15, 0.2) is 17.0 Å². The molecule has 0 radical (unpaired) electrons. The van der Waals surface area contributed by atoms with Crippen molar-refractivity contribution in [3.8, 4) is 6.01 Å². The van der Waals surface area contributed by atoms with Gasteiger partial charge in [0.1, 0.15) is 0 Å². The SMILES string of the molecule is CCCCNc1nc(N)c2nc(OC)n(CCCN3CCN(C(C)C)CC3)c2n1. The molecule has 0 saturated carbocycles. The van der Waals surface area contributed by atoms with Crippen LogP contribution >= 0.6 is 0 Å². The molecule has 29 heavy (non-hydrogen) atoms. The van der Waals surface area contributed by atoms with E-state index in [2.05, 4.69) is 50.8 Å². The fraction of sp³-hybridized carbons (Fsp3) is 0.750. The summed E-state index contributed by atoms with van der Waals surface area (Å²) in [5, 5.41) is 3.26. The molecule has 1 saturated heterocycles. The second-order valence-corrected chi connectivity index (χ2v) is 7.96. The van der Waals surface area contributed by atoms with Crippen molar-refractivity contribution < 1.29 is 4.74 Å². The van der Waals surface area contributed by atoms with E-state index >= 15 is 0 Å². The van der Waals surface area contributed by atoms with Crippen molar-refractivity contribution >= 4 is 22.9 Å². The summed E-state index contributed by atoms with van der Waals surface area (Å²) in [7, 11) is 1.63. The molecule has 3 N–H and O–H groups in total. The second-order valence-electron chi connectivity index (χ2n) is 7.96. The van der Waals surface area contributed by atoms with Gasteiger partial charge in [0.25, 0.3) is 6.01 Å². The van der Waals surface area contributed by atoms with E-state index in [1.807, 2.05) is 4.57 Å². The third-order valence-corrected chi connectivity index (χ3v) is 5.58. The topological polar surface area (TPSA) is 97.4 Å². The summed E-state index contributed by atoms with van der Waals surface area (Å²) in [5.74, 6) is 0.938. The van der Waals surface area contributed by atoms with Crippen molar-refractivity contribution in [2.75, 3.05) is 57.4 Å². The monoisotopic (exact) mass is 404 g/mol. The molecule has 9 nitrogen and oxygen atoms in total. The number of nitrogens with two attached hydrogens (primary N) is 1. The molecule has 0 amide bonds. The van der Waals surface area contributed by atoms with Crippen LogP contribution in [0.25, 0.3) is 11.2 Å². The predicted octanol–water partition coefficient (Wildman–Crippen LogP) is 2.05. The number of ether oxygens (including phenoxy) is 1. The molecule has 1 aliphatic rings. The Bertz CT molecular complexity index is 782. The number of aryl methyl sites for hydroxylation is 1. The molecule has 0 unspecified atom stereocenters. The molecular formula is C20H36N8O. The van der Waals surface area contributed by atoms with Crippen molar-refractivity contribution in [3.05, 3.63) is 0 Å². The van der Waals surface area contributed by atoms with Gasteiger partial charge in [0.05, 0.1) is 7.11 Å². The summed E-state index contributed by atoms with van der Waals surface area (Å²) in [6.45, 7) is 13.9. The normalized spacial score (nSPS) is 16.0. The number of nitrogen functional groups attached to an aromatic ring is 1. The number of piperazine rings is 1. The summed E-state index contributed by atoms with van der Waals surface area (Å²) in [6.07, 6.45) is 3.18. The lowest BCUT2D eigenvalue weighted by molar-refractivity contribution is 0.107. The van der Waals surface area contributed by atoms with Crippen LogP contribution in [0.3, 0.4) is 0 Å². The molecule has 162 valence electrons. The average molecular weight is 405 g/mol. The molecular weight excluding hydrogens is 368 g/mol. The van der Waals surface area contributed by atoms with Crippen molar-refractivity contribution in [2.24, 2.45) is 0 Å². The molecule has 0 aliphatic carbocycles. The van der Waals surface area contributed by atoms with Gasteiger partial charge in [0, 0.05) is 45.3 Å². The molecule has 0 aromatic carbocycles. The first-order valence-corrected chi connectivity index (χ1v) is 10.8. The zero-order valence-corrected chi connectivity index (χ0v) is 18.3. The third kappa shape index (κ3) is 5.27. The van der Waals surface area contributed by atoms with E-state index < -0.39 is 0 Å². The molecule has 0 bridgehead atoms. The van der Waals surface area contributed by atoms with Gasteiger partial charge in [-0.15, -0.1) is 0 Å². The Balaban J connectivity index is 1.66. The van der Waals surface area contributed by atoms with Crippen LogP contribution in [0.15, 0.2) is 0 Å². The van der Waals surface area contributed by atoms with E-state index in [1.165, 1.54) is 0 Å². The van der Waals surface area contributed by atoms with Gasteiger partial charge < -0.3 is 20.7 Å². The van der Waals surface area contributed by atoms with Crippen molar-refractivity contribution in [3.63, 3.8) is 0 Å². The summed E-state index contributed by atoms with van der Waals surface area (Å²) >= 11 is 0. The van der Waals surface area contributed by atoms with Gasteiger partial charge >= 0.3 is 0 Å². The summed E-state index contributed by atoms with van der Waals surface area (Å²) in [5.41, 5.74) is 7.49. The molecule has 0 atom stereocenters. The molecule has 3 rings (SSSR count). The zero-order chi connectivity index (χ0) is 20.8. The van der Waals surface area contributed by atoms with E-state index in [0.717, 1.165) is 70.7 Å². The minimum Gasteiger partial charge on any atom is -0.468 e. The number of hydrogen-bond acceptors (Lipinski definition) is 8. The number of nitrogens with zero attached hydrogens (tertiary/aromatic N) is 6. The minimum absolute atomic E-state index is 0.385. The number of anilines is 2. The maximum atomic E-state index is 6.15. The third-order valence-electron chi connectivity index (χ3n) is 5.58. The summed E-state index contributed by atoms with van der Waals surface area (Å²) < 4.78 is 7.51. The molecule has 2 aromatic rings. The molecule has 9 heteroatoms. The largest absolute Gasteiger partial charge is 0.468 e. The maximum Gasteiger partial charge on any atom is 0.298 e. The highest BCUT2D eigenvalue weighted by atomic mass is 16.5.